The minimum atomic E-state index is -4.37. The molecule has 0 aliphatic rings. The van der Waals surface area contributed by atoms with Crippen LogP contribution in [-0.2, 0) is 6.18 Å². The summed E-state index contributed by atoms with van der Waals surface area (Å²) >= 11 is 5.92. The zero-order valence-corrected chi connectivity index (χ0v) is 10.3. The summed E-state index contributed by atoms with van der Waals surface area (Å²) in [5.41, 5.74) is 1.72. The van der Waals surface area contributed by atoms with E-state index in [-0.39, 0.29) is 5.02 Å². The summed E-state index contributed by atoms with van der Waals surface area (Å²) in [6.45, 7) is 1.92. The topological polar surface area (TPSA) is 0 Å². The molecule has 0 unspecified atom stereocenters. The number of hydrogen-bond acceptors (Lipinski definition) is 0. The largest absolute Gasteiger partial charge is 0.416 e. The van der Waals surface area contributed by atoms with Crippen LogP contribution in [0.2, 0.25) is 5.02 Å². The van der Waals surface area contributed by atoms with E-state index in [9.17, 15) is 13.2 Å². The Morgan fingerprint density at radius 2 is 1.72 bits per heavy atom. The zero-order chi connectivity index (χ0) is 13.3. The van der Waals surface area contributed by atoms with Gasteiger partial charge in [0.15, 0.2) is 0 Å². The lowest BCUT2D eigenvalue weighted by atomic mass is 10.0. The van der Waals surface area contributed by atoms with Gasteiger partial charge in [-0.1, -0.05) is 47.5 Å². The Kier molecular flexibility index (Phi) is 3.35. The van der Waals surface area contributed by atoms with E-state index in [1.807, 2.05) is 31.2 Å². The van der Waals surface area contributed by atoms with Gasteiger partial charge in [0.05, 0.1) is 5.56 Å². The summed E-state index contributed by atoms with van der Waals surface area (Å²) in [7, 11) is 0. The minimum Gasteiger partial charge on any atom is -0.166 e. The van der Waals surface area contributed by atoms with Gasteiger partial charge in [-0.3, -0.25) is 0 Å². The first-order valence-corrected chi connectivity index (χ1v) is 5.69. The molecule has 0 atom stereocenters. The Hall–Kier alpha value is -1.48. The van der Waals surface area contributed by atoms with Gasteiger partial charge in [-0.05, 0) is 24.6 Å². The van der Waals surface area contributed by atoms with E-state index in [1.165, 1.54) is 6.07 Å². The molecule has 18 heavy (non-hydrogen) atoms. The third-order valence-corrected chi connectivity index (χ3v) is 2.94. The second kappa shape index (κ2) is 4.65. The number of benzene rings is 2. The SMILES string of the molecule is Cc1cccc(-c2ccc(C(F)(F)F)cc2Cl)c1. The average molecular weight is 271 g/mol. The van der Waals surface area contributed by atoms with Crippen molar-refractivity contribution < 1.29 is 13.2 Å². The number of rotatable bonds is 1. The predicted molar refractivity (Wildman–Crippen MR) is 66.6 cm³/mol. The summed E-state index contributed by atoms with van der Waals surface area (Å²) < 4.78 is 37.5. The van der Waals surface area contributed by atoms with E-state index in [0.717, 1.165) is 23.3 Å². The van der Waals surface area contributed by atoms with Crippen LogP contribution in [0.3, 0.4) is 0 Å². The lowest BCUT2D eigenvalue weighted by Gasteiger charge is -2.10. The van der Waals surface area contributed by atoms with E-state index in [4.69, 9.17) is 11.6 Å². The van der Waals surface area contributed by atoms with Crippen molar-refractivity contribution in [2.45, 2.75) is 13.1 Å². The lowest BCUT2D eigenvalue weighted by molar-refractivity contribution is -0.137. The highest BCUT2D eigenvalue weighted by molar-refractivity contribution is 6.33. The molecule has 0 spiro atoms. The summed E-state index contributed by atoms with van der Waals surface area (Å²) in [5, 5.41) is 0.107. The molecule has 4 heteroatoms. The Bertz CT molecular complexity index is 573. The van der Waals surface area contributed by atoms with Gasteiger partial charge in [0.1, 0.15) is 0 Å². The van der Waals surface area contributed by atoms with Crippen LogP contribution in [-0.4, -0.2) is 0 Å². The van der Waals surface area contributed by atoms with Crippen LogP contribution < -0.4 is 0 Å². The van der Waals surface area contributed by atoms with Gasteiger partial charge >= 0.3 is 6.18 Å². The van der Waals surface area contributed by atoms with Crippen LogP contribution in [0.1, 0.15) is 11.1 Å². The van der Waals surface area contributed by atoms with Crippen molar-refractivity contribution in [2.24, 2.45) is 0 Å². The van der Waals surface area contributed by atoms with Gasteiger partial charge in [0.25, 0.3) is 0 Å². The van der Waals surface area contributed by atoms with E-state index < -0.39 is 11.7 Å². The molecule has 0 aliphatic carbocycles. The molecule has 0 fully saturated rings. The molecule has 0 nitrogen and oxygen atoms in total. The van der Waals surface area contributed by atoms with E-state index >= 15 is 0 Å². The lowest BCUT2D eigenvalue weighted by Crippen LogP contribution is -2.04. The Morgan fingerprint density at radius 1 is 1.00 bits per heavy atom. The highest BCUT2D eigenvalue weighted by Gasteiger charge is 2.30. The summed E-state index contributed by atoms with van der Waals surface area (Å²) in [6, 6.07) is 10.9. The quantitative estimate of drug-likeness (QED) is 0.657. The fourth-order valence-corrected chi connectivity index (χ4v) is 2.03. The Balaban J connectivity index is 2.48. The highest BCUT2D eigenvalue weighted by Crippen LogP contribution is 2.35. The standard InChI is InChI=1S/C14H10ClF3/c1-9-3-2-4-10(7-9)12-6-5-11(8-13(12)15)14(16,17)18/h2-8H,1H3. The number of halogens is 4. The number of alkyl halides is 3. The molecule has 0 aromatic heterocycles. The summed E-state index contributed by atoms with van der Waals surface area (Å²) in [5.74, 6) is 0. The molecule has 0 saturated heterocycles. The Labute approximate surface area is 108 Å². The molecule has 0 aliphatic heterocycles. The van der Waals surface area contributed by atoms with Gasteiger partial charge in [-0.15, -0.1) is 0 Å². The molecule has 0 N–H and O–H groups in total. The van der Waals surface area contributed by atoms with Crippen molar-refractivity contribution in [2.75, 3.05) is 0 Å². The van der Waals surface area contributed by atoms with Crippen LogP contribution >= 0.6 is 11.6 Å². The van der Waals surface area contributed by atoms with Gasteiger partial charge in [-0.25, -0.2) is 0 Å². The van der Waals surface area contributed by atoms with E-state index in [1.54, 1.807) is 0 Å². The fraction of sp³-hybridized carbons (Fsp3) is 0.143. The molecular formula is C14H10ClF3. The van der Waals surface area contributed by atoms with Crippen molar-refractivity contribution in [3.63, 3.8) is 0 Å². The molecule has 0 amide bonds. The van der Waals surface area contributed by atoms with Gasteiger partial charge in [0.2, 0.25) is 0 Å². The molecule has 2 aromatic carbocycles. The molecule has 0 saturated carbocycles. The number of hydrogen-bond donors (Lipinski definition) is 0. The van der Waals surface area contributed by atoms with Crippen molar-refractivity contribution in [1.29, 1.82) is 0 Å². The van der Waals surface area contributed by atoms with Crippen molar-refractivity contribution in [3.8, 4) is 11.1 Å². The molecule has 2 rings (SSSR count). The monoisotopic (exact) mass is 270 g/mol. The van der Waals surface area contributed by atoms with E-state index in [2.05, 4.69) is 0 Å². The summed E-state index contributed by atoms with van der Waals surface area (Å²) in [6.07, 6.45) is -4.37. The van der Waals surface area contributed by atoms with Gasteiger partial charge in [-0.2, -0.15) is 13.2 Å². The normalized spacial score (nSPS) is 11.6. The smallest absolute Gasteiger partial charge is 0.166 e. The van der Waals surface area contributed by atoms with Crippen LogP contribution in [0.4, 0.5) is 13.2 Å². The van der Waals surface area contributed by atoms with Crippen LogP contribution in [0.25, 0.3) is 11.1 Å². The first kappa shape index (κ1) is 13.0. The van der Waals surface area contributed by atoms with Gasteiger partial charge < -0.3 is 0 Å². The first-order chi connectivity index (χ1) is 8.38. The van der Waals surface area contributed by atoms with Crippen LogP contribution in [0.15, 0.2) is 42.5 Å². The molecule has 94 valence electrons. The van der Waals surface area contributed by atoms with Crippen LogP contribution in [0, 0.1) is 6.92 Å². The fourth-order valence-electron chi connectivity index (χ4n) is 1.74. The minimum absolute atomic E-state index is 0.107. The Morgan fingerprint density at radius 3 is 2.28 bits per heavy atom. The maximum atomic E-state index is 12.5. The maximum absolute atomic E-state index is 12.5. The van der Waals surface area contributed by atoms with Crippen molar-refractivity contribution in [3.05, 3.63) is 58.6 Å². The summed E-state index contributed by atoms with van der Waals surface area (Å²) in [4.78, 5) is 0. The molecular weight excluding hydrogens is 261 g/mol. The van der Waals surface area contributed by atoms with Crippen molar-refractivity contribution in [1.82, 2.24) is 0 Å². The molecule has 0 radical (unpaired) electrons. The van der Waals surface area contributed by atoms with E-state index in [0.29, 0.717) is 5.56 Å². The molecule has 2 aromatic rings. The highest BCUT2D eigenvalue weighted by atomic mass is 35.5. The maximum Gasteiger partial charge on any atom is 0.416 e. The third kappa shape index (κ3) is 2.67. The van der Waals surface area contributed by atoms with Crippen LogP contribution in [0.5, 0.6) is 0 Å². The number of aryl methyl sites for hydroxylation is 1. The second-order valence-electron chi connectivity index (χ2n) is 4.06. The van der Waals surface area contributed by atoms with Crippen molar-refractivity contribution >= 4 is 11.6 Å². The third-order valence-electron chi connectivity index (χ3n) is 2.63. The molecule has 0 heterocycles. The average Bonchev–Trinajstić information content (AvgIpc) is 2.27. The first-order valence-electron chi connectivity index (χ1n) is 5.32. The van der Waals surface area contributed by atoms with Gasteiger partial charge in [0, 0.05) is 10.6 Å². The zero-order valence-electron chi connectivity index (χ0n) is 9.55. The predicted octanol–water partition coefficient (Wildman–Crippen LogP) is 5.33. The molecule has 0 bridgehead atoms. The second-order valence-corrected chi connectivity index (χ2v) is 4.47.